The number of aryl methyl sites for hydroxylation is 1. The number of amides is 1. The maximum absolute atomic E-state index is 12.1. The first-order valence-corrected chi connectivity index (χ1v) is 6.64. The van der Waals surface area contributed by atoms with Gasteiger partial charge in [0, 0.05) is 12.7 Å². The number of nitrogens with one attached hydrogen (secondary N) is 1. The third kappa shape index (κ3) is 3.41. The minimum atomic E-state index is -0.499. The Bertz CT molecular complexity index is 682. The lowest BCUT2D eigenvalue weighted by Gasteiger charge is -2.08. The van der Waals surface area contributed by atoms with Gasteiger partial charge in [0.15, 0.2) is 0 Å². The second-order valence-electron chi connectivity index (χ2n) is 4.23. The van der Waals surface area contributed by atoms with E-state index in [0.29, 0.717) is 28.4 Å². The lowest BCUT2D eigenvalue weighted by Crippen LogP contribution is -2.12. The van der Waals surface area contributed by atoms with Gasteiger partial charge in [0.2, 0.25) is 0 Å². The van der Waals surface area contributed by atoms with Crippen molar-refractivity contribution in [3.8, 4) is 0 Å². The van der Waals surface area contributed by atoms with Crippen LogP contribution in [-0.4, -0.2) is 28.8 Å². The Morgan fingerprint density at radius 3 is 2.76 bits per heavy atom. The van der Waals surface area contributed by atoms with E-state index in [1.165, 1.54) is 31.5 Å². The van der Waals surface area contributed by atoms with Crippen molar-refractivity contribution in [3.63, 3.8) is 0 Å². The maximum atomic E-state index is 12.1. The van der Waals surface area contributed by atoms with E-state index in [2.05, 4.69) is 15.2 Å². The molecular formula is C14H14ClN3O3. The summed E-state index contributed by atoms with van der Waals surface area (Å²) in [5.74, 6) is -0.848. The molecular weight excluding hydrogens is 294 g/mol. The minimum absolute atomic E-state index is 0.307. The Morgan fingerprint density at radius 2 is 2.14 bits per heavy atom. The van der Waals surface area contributed by atoms with E-state index in [-0.39, 0.29) is 5.91 Å². The number of halogens is 1. The largest absolute Gasteiger partial charge is 0.465 e. The standard InChI is InChI=1S/C14H14ClN3O3/c1-3-18-8-10(7-16-18)13(19)17-12-6-9(14(20)21-2)4-5-11(12)15/h4-8H,3H2,1-2H3,(H,17,19). The summed E-state index contributed by atoms with van der Waals surface area (Å²) < 4.78 is 6.27. The van der Waals surface area contributed by atoms with Crippen LogP contribution in [0.2, 0.25) is 5.02 Å². The number of hydrogen-bond donors (Lipinski definition) is 1. The number of anilines is 1. The van der Waals surface area contributed by atoms with Gasteiger partial charge in [0.1, 0.15) is 0 Å². The second kappa shape index (κ2) is 6.41. The van der Waals surface area contributed by atoms with Crippen molar-refractivity contribution in [2.24, 2.45) is 0 Å². The number of carbonyl (C=O) groups is 2. The summed E-state index contributed by atoms with van der Waals surface area (Å²) in [6.45, 7) is 2.59. The number of rotatable bonds is 4. The van der Waals surface area contributed by atoms with Crippen molar-refractivity contribution in [2.75, 3.05) is 12.4 Å². The molecule has 0 fully saturated rings. The zero-order valence-corrected chi connectivity index (χ0v) is 12.3. The highest BCUT2D eigenvalue weighted by molar-refractivity contribution is 6.34. The fraction of sp³-hybridized carbons (Fsp3) is 0.214. The molecule has 0 aliphatic carbocycles. The fourth-order valence-electron chi connectivity index (χ4n) is 1.71. The molecule has 1 heterocycles. The van der Waals surface area contributed by atoms with Crippen LogP contribution in [0.25, 0.3) is 0 Å². The molecule has 21 heavy (non-hydrogen) atoms. The number of esters is 1. The molecule has 110 valence electrons. The second-order valence-corrected chi connectivity index (χ2v) is 4.63. The zero-order valence-electron chi connectivity index (χ0n) is 11.6. The average Bonchev–Trinajstić information content (AvgIpc) is 2.97. The van der Waals surface area contributed by atoms with E-state index in [1.807, 2.05) is 6.92 Å². The minimum Gasteiger partial charge on any atom is -0.465 e. The molecule has 2 rings (SSSR count). The van der Waals surface area contributed by atoms with Gasteiger partial charge in [-0.3, -0.25) is 9.48 Å². The van der Waals surface area contributed by atoms with Crippen molar-refractivity contribution < 1.29 is 14.3 Å². The van der Waals surface area contributed by atoms with Crippen LogP contribution in [0.15, 0.2) is 30.6 Å². The number of benzene rings is 1. The predicted octanol–water partition coefficient (Wildman–Crippen LogP) is 2.60. The molecule has 0 saturated carbocycles. The number of hydrogen-bond acceptors (Lipinski definition) is 4. The first kappa shape index (κ1) is 15.1. The summed E-state index contributed by atoms with van der Waals surface area (Å²) >= 11 is 6.02. The third-order valence-electron chi connectivity index (χ3n) is 2.86. The summed E-state index contributed by atoms with van der Waals surface area (Å²) in [6.07, 6.45) is 3.10. The van der Waals surface area contributed by atoms with Crippen molar-refractivity contribution in [1.29, 1.82) is 0 Å². The highest BCUT2D eigenvalue weighted by Gasteiger charge is 2.13. The van der Waals surface area contributed by atoms with Crippen LogP contribution in [-0.2, 0) is 11.3 Å². The van der Waals surface area contributed by atoms with Gasteiger partial charge < -0.3 is 10.1 Å². The molecule has 0 spiro atoms. The molecule has 1 amide bonds. The quantitative estimate of drug-likeness (QED) is 0.881. The van der Waals surface area contributed by atoms with E-state index in [4.69, 9.17) is 11.6 Å². The summed E-state index contributed by atoms with van der Waals surface area (Å²) in [5.41, 5.74) is 1.06. The van der Waals surface area contributed by atoms with Crippen LogP contribution < -0.4 is 5.32 Å². The molecule has 1 aromatic carbocycles. The molecule has 0 saturated heterocycles. The molecule has 6 nitrogen and oxygen atoms in total. The third-order valence-corrected chi connectivity index (χ3v) is 3.18. The lowest BCUT2D eigenvalue weighted by molar-refractivity contribution is 0.0600. The number of carbonyl (C=O) groups excluding carboxylic acids is 2. The van der Waals surface area contributed by atoms with Crippen LogP contribution in [0.5, 0.6) is 0 Å². The van der Waals surface area contributed by atoms with Gasteiger partial charge in [-0.25, -0.2) is 4.79 Å². The Kier molecular flexibility index (Phi) is 4.59. The summed E-state index contributed by atoms with van der Waals surface area (Å²) in [6, 6.07) is 4.52. The normalized spacial score (nSPS) is 10.2. The topological polar surface area (TPSA) is 73.2 Å². The first-order chi connectivity index (χ1) is 10.0. The highest BCUT2D eigenvalue weighted by Crippen LogP contribution is 2.24. The molecule has 0 atom stereocenters. The highest BCUT2D eigenvalue weighted by atomic mass is 35.5. The number of ether oxygens (including phenoxy) is 1. The van der Waals surface area contributed by atoms with Gasteiger partial charge in [-0.2, -0.15) is 5.10 Å². The first-order valence-electron chi connectivity index (χ1n) is 6.26. The SMILES string of the molecule is CCn1cc(C(=O)Nc2cc(C(=O)OC)ccc2Cl)cn1. The Balaban J connectivity index is 2.22. The van der Waals surface area contributed by atoms with Crippen molar-refractivity contribution in [2.45, 2.75) is 13.5 Å². The van der Waals surface area contributed by atoms with Crippen LogP contribution in [0, 0.1) is 0 Å². The molecule has 0 unspecified atom stereocenters. The maximum Gasteiger partial charge on any atom is 0.337 e. The van der Waals surface area contributed by atoms with E-state index >= 15 is 0 Å². The molecule has 7 heteroatoms. The predicted molar refractivity (Wildman–Crippen MR) is 78.6 cm³/mol. The van der Waals surface area contributed by atoms with Gasteiger partial charge in [-0.1, -0.05) is 11.6 Å². The Labute approximate surface area is 126 Å². The molecule has 1 N–H and O–H groups in total. The van der Waals surface area contributed by atoms with Crippen molar-refractivity contribution in [1.82, 2.24) is 9.78 Å². The van der Waals surface area contributed by atoms with Gasteiger partial charge in [-0.05, 0) is 25.1 Å². The molecule has 0 radical (unpaired) electrons. The summed E-state index contributed by atoms with van der Waals surface area (Å²) in [7, 11) is 1.29. The van der Waals surface area contributed by atoms with Crippen LogP contribution in [0.4, 0.5) is 5.69 Å². The van der Waals surface area contributed by atoms with Crippen LogP contribution in [0.1, 0.15) is 27.6 Å². The van der Waals surface area contributed by atoms with Crippen molar-refractivity contribution >= 4 is 29.2 Å². The average molecular weight is 308 g/mol. The molecule has 1 aromatic heterocycles. The zero-order chi connectivity index (χ0) is 15.4. The molecule has 2 aromatic rings. The lowest BCUT2D eigenvalue weighted by atomic mass is 10.2. The van der Waals surface area contributed by atoms with Gasteiger partial charge in [-0.15, -0.1) is 0 Å². The van der Waals surface area contributed by atoms with Gasteiger partial charge in [0.05, 0.1) is 35.1 Å². The summed E-state index contributed by atoms with van der Waals surface area (Å²) in [5, 5.41) is 7.01. The fourth-order valence-corrected chi connectivity index (χ4v) is 1.88. The van der Waals surface area contributed by atoms with Crippen LogP contribution >= 0.6 is 11.6 Å². The van der Waals surface area contributed by atoms with Gasteiger partial charge >= 0.3 is 5.97 Å². The Hall–Kier alpha value is -2.34. The number of aromatic nitrogens is 2. The number of nitrogens with zero attached hydrogens (tertiary/aromatic N) is 2. The monoisotopic (exact) mass is 307 g/mol. The van der Waals surface area contributed by atoms with E-state index in [0.717, 1.165) is 0 Å². The van der Waals surface area contributed by atoms with E-state index < -0.39 is 5.97 Å². The number of methoxy groups -OCH3 is 1. The molecule has 0 aliphatic rings. The van der Waals surface area contributed by atoms with Crippen molar-refractivity contribution in [3.05, 3.63) is 46.7 Å². The van der Waals surface area contributed by atoms with E-state index in [1.54, 1.807) is 10.9 Å². The van der Waals surface area contributed by atoms with E-state index in [9.17, 15) is 9.59 Å². The Morgan fingerprint density at radius 1 is 1.38 bits per heavy atom. The summed E-state index contributed by atoms with van der Waals surface area (Å²) in [4.78, 5) is 23.6. The molecule has 0 bridgehead atoms. The molecule has 0 aliphatic heterocycles. The van der Waals surface area contributed by atoms with Crippen LogP contribution in [0.3, 0.4) is 0 Å². The van der Waals surface area contributed by atoms with Gasteiger partial charge in [0.25, 0.3) is 5.91 Å². The smallest absolute Gasteiger partial charge is 0.337 e.